The first-order valence-electron chi connectivity index (χ1n) is 5.61. The summed E-state index contributed by atoms with van der Waals surface area (Å²) in [6.45, 7) is 6.16. The molecule has 0 bridgehead atoms. The highest BCUT2D eigenvalue weighted by molar-refractivity contribution is 9.10. The zero-order chi connectivity index (χ0) is 13.4. The minimum atomic E-state index is 0.473. The quantitative estimate of drug-likeness (QED) is 0.894. The van der Waals surface area contributed by atoms with Crippen molar-refractivity contribution in [3.05, 3.63) is 27.2 Å². The fourth-order valence-corrected chi connectivity index (χ4v) is 2.62. The van der Waals surface area contributed by atoms with Crippen LogP contribution in [-0.4, -0.2) is 17.3 Å². The Bertz CT molecular complexity index is 605. The number of aromatic nitrogens is 2. The van der Waals surface area contributed by atoms with Crippen molar-refractivity contribution in [2.24, 2.45) is 0 Å². The van der Waals surface area contributed by atoms with Crippen LogP contribution in [0.15, 0.2) is 10.5 Å². The third-order valence-electron chi connectivity index (χ3n) is 3.23. The molecule has 2 aromatic rings. The lowest BCUT2D eigenvalue weighted by Gasteiger charge is -2.17. The highest BCUT2D eigenvalue weighted by Gasteiger charge is 2.19. The van der Waals surface area contributed by atoms with Gasteiger partial charge in [-0.25, -0.2) is 0 Å². The standard InChI is InChI=1S/C13H16BrN3O/c1-6-7(2)13(18-4)11(8(3)12(6)14)9-5-10(15)17-16-9/h5H,1-4H3,(H3,15,16,17). The molecule has 0 unspecified atom stereocenters. The lowest BCUT2D eigenvalue weighted by Crippen LogP contribution is -1.99. The maximum absolute atomic E-state index is 5.67. The molecule has 0 fully saturated rings. The Hall–Kier alpha value is -1.49. The van der Waals surface area contributed by atoms with Crippen molar-refractivity contribution in [1.82, 2.24) is 10.2 Å². The van der Waals surface area contributed by atoms with E-state index in [0.717, 1.165) is 32.6 Å². The van der Waals surface area contributed by atoms with Gasteiger partial charge in [-0.15, -0.1) is 0 Å². The fraction of sp³-hybridized carbons (Fsp3) is 0.308. The number of anilines is 1. The summed E-state index contributed by atoms with van der Waals surface area (Å²) in [7, 11) is 1.68. The molecular weight excluding hydrogens is 294 g/mol. The molecule has 0 saturated carbocycles. The number of H-pyrrole nitrogens is 1. The van der Waals surface area contributed by atoms with Crippen molar-refractivity contribution in [2.45, 2.75) is 20.8 Å². The number of hydrogen-bond donors (Lipinski definition) is 2. The van der Waals surface area contributed by atoms with Gasteiger partial charge in [-0.05, 0) is 37.5 Å². The number of nitrogens with one attached hydrogen (secondary N) is 1. The monoisotopic (exact) mass is 309 g/mol. The minimum Gasteiger partial charge on any atom is -0.496 e. The SMILES string of the molecule is COc1c(C)c(C)c(Br)c(C)c1-c1cc(N)n[nH]1. The van der Waals surface area contributed by atoms with Crippen LogP contribution < -0.4 is 10.5 Å². The van der Waals surface area contributed by atoms with E-state index in [1.165, 1.54) is 5.56 Å². The van der Waals surface area contributed by atoms with Gasteiger partial charge in [0, 0.05) is 16.1 Å². The fourth-order valence-electron chi connectivity index (χ4n) is 2.13. The minimum absolute atomic E-state index is 0.473. The van der Waals surface area contributed by atoms with Gasteiger partial charge in [-0.2, -0.15) is 5.10 Å². The Morgan fingerprint density at radius 2 is 1.89 bits per heavy atom. The lowest BCUT2D eigenvalue weighted by molar-refractivity contribution is 0.412. The number of hydrogen-bond acceptors (Lipinski definition) is 3. The number of rotatable bonds is 2. The number of nitrogen functional groups attached to an aromatic ring is 1. The largest absolute Gasteiger partial charge is 0.496 e. The van der Waals surface area contributed by atoms with Crippen LogP contribution in [0.4, 0.5) is 5.82 Å². The summed E-state index contributed by atoms with van der Waals surface area (Å²) in [4.78, 5) is 0. The molecule has 5 heteroatoms. The lowest BCUT2D eigenvalue weighted by atomic mass is 9.97. The molecule has 0 aliphatic carbocycles. The number of ether oxygens (including phenoxy) is 1. The molecule has 1 aromatic carbocycles. The predicted octanol–water partition coefficient (Wildman–Crippen LogP) is 3.36. The molecule has 4 nitrogen and oxygen atoms in total. The van der Waals surface area contributed by atoms with Crippen molar-refractivity contribution in [1.29, 1.82) is 0 Å². The average Bonchev–Trinajstić information content (AvgIpc) is 2.77. The van der Waals surface area contributed by atoms with Gasteiger partial charge in [0.2, 0.25) is 0 Å². The van der Waals surface area contributed by atoms with E-state index >= 15 is 0 Å². The van der Waals surface area contributed by atoms with Crippen LogP contribution in [0.5, 0.6) is 5.75 Å². The maximum atomic E-state index is 5.67. The number of halogens is 1. The molecule has 0 amide bonds. The van der Waals surface area contributed by atoms with E-state index in [0.29, 0.717) is 5.82 Å². The van der Waals surface area contributed by atoms with Crippen LogP contribution in [0.25, 0.3) is 11.3 Å². The van der Waals surface area contributed by atoms with Crippen molar-refractivity contribution in [3.63, 3.8) is 0 Å². The topological polar surface area (TPSA) is 63.9 Å². The first kappa shape index (κ1) is 13.0. The van der Waals surface area contributed by atoms with Crippen LogP contribution in [0.3, 0.4) is 0 Å². The molecule has 0 spiro atoms. The zero-order valence-corrected chi connectivity index (χ0v) is 12.5. The Morgan fingerprint density at radius 3 is 2.39 bits per heavy atom. The average molecular weight is 310 g/mol. The first-order chi connectivity index (χ1) is 8.47. The Kier molecular flexibility index (Phi) is 3.34. The molecule has 18 heavy (non-hydrogen) atoms. The molecule has 2 rings (SSSR count). The molecular formula is C13H16BrN3O. The number of nitrogens with two attached hydrogens (primary N) is 1. The summed E-state index contributed by atoms with van der Waals surface area (Å²) >= 11 is 3.63. The molecule has 1 aromatic heterocycles. The first-order valence-corrected chi connectivity index (χ1v) is 6.41. The zero-order valence-electron chi connectivity index (χ0n) is 10.9. The normalized spacial score (nSPS) is 10.7. The third-order valence-corrected chi connectivity index (χ3v) is 4.42. The number of nitrogens with zero attached hydrogens (tertiary/aromatic N) is 1. The molecule has 1 heterocycles. The molecule has 0 saturated heterocycles. The summed E-state index contributed by atoms with van der Waals surface area (Å²) < 4.78 is 6.63. The van der Waals surface area contributed by atoms with Gasteiger partial charge in [0.1, 0.15) is 11.6 Å². The Morgan fingerprint density at radius 1 is 1.22 bits per heavy atom. The number of aromatic amines is 1. The summed E-state index contributed by atoms with van der Waals surface area (Å²) in [5.41, 5.74) is 10.9. The van der Waals surface area contributed by atoms with Crippen molar-refractivity contribution >= 4 is 21.7 Å². The highest BCUT2D eigenvalue weighted by atomic mass is 79.9. The van der Waals surface area contributed by atoms with Crippen LogP contribution in [0.2, 0.25) is 0 Å². The van der Waals surface area contributed by atoms with E-state index in [-0.39, 0.29) is 0 Å². The van der Waals surface area contributed by atoms with Crippen molar-refractivity contribution in [2.75, 3.05) is 12.8 Å². The molecule has 0 aliphatic heterocycles. The van der Waals surface area contributed by atoms with Crippen molar-refractivity contribution < 1.29 is 4.74 Å². The summed E-state index contributed by atoms with van der Waals surface area (Å²) in [6, 6.07) is 1.81. The highest BCUT2D eigenvalue weighted by Crippen LogP contribution is 2.41. The van der Waals surface area contributed by atoms with Crippen LogP contribution in [0.1, 0.15) is 16.7 Å². The van der Waals surface area contributed by atoms with E-state index in [1.807, 2.05) is 19.9 Å². The molecule has 0 aliphatic rings. The van der Waals surface area contributed by atoms with Gasteiger partial charge in [0.05, 0.1) is 12.8 Å². The van der Waals surface area contributed by atoms with Crippen LogP contribution in [-0.2, 0) is 0 Å². The maximum Gasteiger partial charge on any atom is 0.145 e. The van der Waals surface area contributed by atoms with Crippen molar-refractivity contribution in [3.8, 4) is 17.0 Å². The van der Waals surface area contributed by atoms with Gasteiger partial charge >= 0.3 is 0 Å². The molecule has 0 radical (unpaired) electrons. The molecule has 0 atom stereocenters. The van der Waals surface area contributed by atoms with E-state index in [2.05, 4.69) is 33.1 Å². The third kappa shape index (κ3) is 1.88. The van der Waals surface area contributed by atoms with E-state index < -0.39 is 0 Å². The van der Waals surface area contributed by atoms with Gasteiger partial charge in [0.15, 0.2) is 0 Å². The number of benzene rings is 1. The van der Waals surface area contributed by atoms with E-state index in [4.69, 9.17) is 10.5 Å². The molecule has 96 valence electrons. The van der Waals surface area contributed by atoms with Gasteiger partial charge in [0.25, 0.3) is 0 Å². The number of methoxy groups -OCH3 is 1. The second-order valence-electron chi connectivity index (χ2n) is 4.30. The predicted molar refractivity (Wildman–Crippen MR) is 76.9 cm³/mol. The van der Waals surface area contributed by atoms with Gasteiger partial charge in [-0.1, -0.05) is 15.9 Å². The van der Waals surface area contributed by atoms with Crippen LogP contribution in [0, 0.1) is 20.8 Å². The molecule has 3 N–H and O–H groups in total. The summed E-state index contributed by atoms with van der Waals surface area (Å²) in [5.74, 6) is 1.33. The Balaban J connectivity index is 2.81. The van der Waals surface area contributed by atoms with Gasteiger partial charge in [-0.3, -0.25) is 5.10 Å². The van der Waals surface area contributed by atoms with Crippen LogP contribution >= 0.6 is 15.9 Å². The smallest absolute Gasteiger partial charge is 0.145 e. The summed E-state index contributed by atoms with van der Waals surface area (Å²) in [5, 5.41) is 6.91. The second-order valence-corrected chi connectivity index (χ2v) is 5.10. The second kappa shape index (κ2) is 4.65. The summed E-state index contributed by atoms with van der Waals surface area (Å²) in [6.07, 6.45) is 0. The van der Waals surface area contributed by atoms with E-state index in [9.17, 15) is 0 Å². The van der Waals surface area contributed by atoms with Gasteiger partial charge < -0.3 is 10.5 Å². The van der Waals surface area contributed by atoms with E-state index in [1.54, 1.807) is 7.11 Å². The Labute approximate surface area is 115 Å².